The Morgan fingerprint density at radius 3 is 0.981 bits per heavy atom. The third-order valence-corrected chi connectivity index (χ3v) is 7.21. The molecule has 0 unspecified atom stereocenters. The minimum absolute atomic E-state index is 0.00620. The van der Waals surface area contributed by atoms with Crippen LogP contribution in [0.15, 0.2) is 18.2 Å². The molecule has 0 saturated carbocycles. The van der Waals surface area contributed by atoms with E-state index in [9.17, 15) is 100 Å². The van der Waals surface area contributed by atoms with Crippen LogP contribution in [0, 0.1) is 102 Å². The first-order valence-electron chi connectivity index (χ1n) is 13.3. The van der Waals surface area contributed by atoms with Gasteiger partial charge in [0.25, 0.3) is 0 Å². The summed E-state index contributed by atoms with van der Waals surface area (Å²) in [7, 11) is 0. The van der Waals surface area contributed by atoms with E-state index in [1.165, 1.54) is 30.3 Å². The molecule has 0 heterocycles. The van der Waals surface area contributed by atoms with E-state index in [4.69, 9.17) is 0 Å². The van der Waals surface area contributed by atoms with Gasteiger partial charge in [-0.05, 0) is 18.2 Å². The van der Waals surface area contributed by atoms with Gasteiger partial charge in [-0.2, -0.15) is 100 Å². The predicted molar refractivity (Wildman–Crippen MR) is 148 cm³/mol. The lowest BCUT2D eigenvalue weighted by molar-refractivity contribution is -0.162. The second-order valence-corrected chi connectivity index (χ2v) is 10.0. The summed E-state index contributed by atoms with van der Waals surface area (Å²) in [6.45, 7) is 0. The fourth-order valence-electron chi connectivity index (χ4n) is 5.30. The quantitative estimate of drug-likeness (QED) is 0.268. The third-order valence-electron chi connectivity index (χ3n) is 7.21. The molecule has 0 N–H and O–H groups in total. The number of hydrogen-bond acceptors (Lipinski definition) is 9. The smallest absolute Gasteiger partial charge is 0.192 e. The van der Waals surface area contributed by atoms with Crippen molar-refractivity contribution in [3.63, 3.8) is 0 Å². The Bertz CT molecular complexity index is 2710. The van der Waals surface area contributed by atoms with Crippen molar-refractivity contribution in [1.82, 2.24) is 0 Å². The molecule has 54 heavy (non-hydrogen) atoms. The van der Waals surface area contributed by atoms with Gasteiger partial charge in [0, 0.05) is 21.6 Å². The molecule has 0 radical (unpaired) electrons. The van der Waals surface area contributed by atoms with Crippen LogP contribution >= 0.6 is 0 Å². The van der Waals surface area contributed by atoms with E-state index in [-0.39, 0.29) is 12.1 Å². The van der Waals surface area contributed by atoms with Crippen molar-refractivity contribution < 1.29 is 52.7 Å². The second kappa shape index (κ2) is 13.9. The van der Waals surface area contributed by atoms with Crippen molar-refractivity contribution in [1.29, 1.82) is 47.4 Å². The largest absolute Gasteiger partial charge is 0.418 e. The van der Waals surface area contributed by atoms with Crippen LogP contribution in [0.25, 0.3) is 11.1 Å². The van der Waals surface area contributed by atoms with Gasteiger partial charge >= 0.3 is 24.7 Å². The minimum atomic E-state index is -6.07. The minimum Gasteiger partial charge on any atom is -0.192 e. The lowest BCUT2D eigenvalue weighted by atomic mass is 9.84. The van der Waals surface area contributed by atoms with E-state index in [0.29, 0.717) is 6.07 Å². The Labute approximate surface area is 291 Å². The summed E-state index contributed by atoms with van der Waals surface area (Å²) < 4.78 is 168. The lowest BCUT2D eigenvalue weighted by Gasteiger charge is -2.20. The van der Waals surface area contributed by atoms with Gasteiger partial charge in [0.15, 0.2) is 0 Å². The molecule has 0 amide bonds. The normalized spacial score (nSPS) is 12.5. The van der Waals surface area contributed by atoms with Gasteiger partial charge < -0.3 is 0 Å². The maximum Gasteiger partial charge on any atom is 0.418 e. The fourth-order valence-corrected chi connectivity index (χ4v) is 5.30. The van der Waals surface area contributed by atoms with Gasteiger partial charge in [-0.15, -0.1) is 0 Å². The van der Waals surface area contributed by atoms with Crippen molar-refractivity contribution in [3.8, 4) is 54.6 Å². The van der Waals surface area contributed by atoms with Gasteiger partial charge in [-0.3, -0.25) is 0 Å². The Morgan fingerprint density at radius 1 is 0.370 bits per heavy atom. The summed E-state index contributed by atoms with van der Waals surface area (Å²) in [6, 6.07) is 9.86. The van der Waals surface area contributed by atoms with Crippen molar-refractivity contribution >= 4 is 11.1 Å². The van der Waals surface area contributed by atoms with Gasteiger partial charge in [0.05, 0.1) is 90.6 Å². The first-order chi connectivity index (χ1) is 25.0. The average Bonchev–Trinajstić information content (AvgIpc) is 3.08. The van der Waals surface area contributed by atoms with E-state index >= 15 is 0 Å². The molecule has 0 fully saturated rings. The molecule has 0 aliphatic carbocycles. The van der Waals surface area contributed by atoms with E-state index < -0.39 is 119 Å². The van der Waals surface area contributed by atoms with Crippen LogP contribution in [0.1, 0.15) is 72.3 Å². The van der Waals surface area contributed by atoms with E-state index in [1.807, 2.05) is 0 Å². The van der Waals surface area contributed by atoms with E-state index in [2.05, 4.69) is 0 Å². The molecule has 9 nitrogen and oxygen atoms in total. The molecule has 0 bridgehead atoms. The zero-order valence-corrected chi connectivity index (χ0v) is 25.3. The molecule has 21 heteroatoms. The van der Waals surface area contributed by atoms with Gasteiger partial charge in [-0.25, -0.2) is 0 Å². The lowest BCUT2D eigenvalue weighted by Crippen LogP contribution is -2.28. The number of hydrogen-bond donors (Lipinski definition) is 0. The molecule has 3 aromatic carbocycles. The first kappa shape index (κ1) is 40.4. The third kappa shape index (κ3) is 6.71. The Morgan fingerprint density at radius 2 is 0.704 bits per heavy atom. The molecule has 3 rings (SSSR count). The molecule has 0 spiro atoms. The maximum absolute atomic E-state index is 14.1. The summed E-state index contributed by atoms with van der Waals surface area (Å²) in [5.74, 6) is 0. The highest BCUT2D eigenvalue weighted by atomic mass is 19.4. The summed E-state index contributed by atoms with van der Waals surface area (Å²) in [5, 5.41) is 85.8. The molecular weight excluding hydrogens is 750 g/mol. The van der Waals surface area contributed by atoms with Crippen molar-refractivity contribution in [2.75, 3.05) is 0 Å². The van der Waals surface area contributed by atoms with Crippen LogP contribution in [0.3, 0.4) is 0 Å². The van der Waals surface area contributed by atoms with Crippen molar-refractivity contribution in [2.45, 2.75) is 24.7 Å². The SMILES string of the molecule is N#C/C(c1cc(C#N)c(C(F)(F)F)c(C(F)(F)F)c1C#N)=c1\cc(C#N)/c(=C(\C#N)c2cc(C#N)c(C(F)(F)F)c(C(F)(F)F)c2C#N)c(C#N)c1C#N. The molecule has 0 atom stereocenters. The number of rotatable bonds is 2. The van der Waals surface area contributed by atoms with Gasteiger partial charge in [0.2, 0.25) is 0 Å². The number of alkyl halides is 12. The van der Waals surface area contributed by atoms with Crippen molar-refractivity contribution in [2.24, 2.45) is 0 Å². The molecule has 0 aliphatic rings. The monoisotopic (exact) mass is 753 g/mol. The number of nitrogens with zero attached hydrogens (tertiary/aromatic N) is 9. The van der Waals surface area contributed by atoms with Crippen LogP contribution in [-0.4, -0.2) is 0 Å². The van der Waals surface area contributed by atoms with Crippen molar-refractivity contribution in [3.05, 3.63) is 101 Å². The second-order valence-electron chi connectivity index (χ2n) is 10.0. The molecule has 0 saturated heterocycles. The van der Waals surface area contributed by atoms with Crippen LogP contribution in [0.4, 0.5) is 52.7 Å². The number of benzene rings is 3. The molecule has 0 aromatic heterocycles. The molecular formula is C33H3F12N9. The summed E-state index contributed by atoms with van der Waals surface area (Å²) >= 11 is 0. The highest BCUT2D eigenvalue weighted by molar-refractivity contribution is 5.87. The molecule has 264 valence electrons. The van der Waals surface area contributed by atoms with Crippen LogP contribution in [0.2, 0.25) is 0 Å². The Balaban J connectivity index is 2.91. The Hall–Kier alpha value is -8.03. The van der Waals surface area contributed by atoms with Crippen LogP contribution in [-0.2, 0) is 24.7 Å². The standard InChI is InChI=1S/C33H3F12N9/c34-30(35,36)26-14(5-47)2-17(23(11-53)28(26)32(40,41)42)19(7-49)16-1-13(4-46)25(22(10-52)20(16)8-50)21(9-51)18-3-15(6-48)27(31(37,38)39)29(24(18)12-54)33(43,44)45/h1-3H/b19-16-,25-21-. The summed E-state index contributed by atoms with van der Waals surface area (Å²) in [6.07, 6.45) is -24.0. The topological polar surface area (TPSA) is 214 Å². The summed E-state index contributed by atoms with van der Waals surface area (Å²) in [4.78, 5) is 0. The first-order valence-corrected chi connectivity index (χ1v) is 13.3. The van der Waals surface area contributed by atoms with Crippen LogP contribution < -0.4 is 10.4 Å². The number of nitriles is 9. The fraction of sp³-hybridized carbons (Fsp3) is 0.121. The van der Waals surface area contributed by atoms with E-state index in [1.54, 1.807) is 0 Å². The van der Waals surface area contributed by atoms with E-state index in [0.717, 1.165) is 24.3 Å². The summed E-state index contributed by atoms with van der Waals surface area (Å²) in [5.41, 5.74) is -27.7. The highest BCUT2D eigenvalue weighted by Gasteiger charge is 2.49. The zero-order valence-electron chi connectivity index (χ0n) is 25.3. The Kier molecular flexibility index (Phi) is 10.4. The molecule has 3 aromatic rings. The average molecular weight is 753 g/mol. The predicted octanol–water partition coefficient (Wildman–Crippen LogP) is 6.31. The highest BCUT2D eigenvalue weighted by Crippen LogP contribution is 2.47. The van der Waals surface area contributed by atoms with Crippen LogP contribution in [0.5, 0.6) is 0 Å². The van der Waals surface area contributed by atoms with Gasteiger partial charge in [-0.1, -0.05) is 0 Å². The number of halogens is 12. The maximum atomic E-state index is 14.1. The molecule has 0 aliphatic heterocycles. The van der Waals surface area contributed by atoms with Gasteiger partial charge in [0.1, 0.15) is 36.4 Å². The zero-order chi connectivity index (χ0) is 41.3.